The fourth-order valence-corrected chi connectivity index (χ4v) is 4.14. The van der Waals surface area contributed by atoms with Gasteiger partial charge in [-0.2, -0.15) is 0 Å². The minimum absolute atomic E-state index is 0. The molecule has 1 rings (SSSR count). The molecular formula is C15H23NNa4O9P2. The second-order valence-electron chi connectivity index (χ2n) is 6.47. The van der Waals surface area contributed by atoms with Crippen LogP contribution in [0.1, 0.15) is 16.7 Å². The van der Waals surface area contributed by atoms with E-state index in [0.717, 1.165) is 0 Å². The van der Waals surface area contributed by atoms with Gasteiger partial charge in [-0.25, -0.2) is 0 Å². The van der Waals surface area contributed by atoms with E-state index in [9.17, 15) is 38.9 Å². The van der Waals surface area contributed by atoms with Gasteiger partial charge in [-0.15, -0.1) is 0 Å². The molecule has 31 heavy (non-hydrogen) atoms. The summed E-state index contributed by atoms with van der Waals surface area (Å²) in [5, 5.41) is 19.3. The van der Waals surface area contributed by atoms with Crippen LogP contribution in [0.15, 0.2) is 18.2 Å². The first-order chi connectivity index (χ1) is 12.4. The summed E-state index contributed by atoms with van der Waals surface area (Å²) in [6, 6.07) is 4.10. The Morgan fingerprint density at radius 3 is 1.77 bits per heavy atom. The summed E-state index contributed by atoms with van der Waals surface area (Å²) in [7, 11) is -6.94. The first kappa shape index (κ1) is 41.5. The van der Waals surface area contributed by atoms with Crippen LogP contribution in [0.4, 0.5) is 0 Å². The molecule has 0 radical (unpaired) electrons. The number of likely N-dealkylation sites (N-methyl/N-ethyl adjacent to an activating group) is 1. The van der Waals surface area contributed by atoms with Gasteiger partial charge in [0.15, 0.2) is 0 Å². The van der Waals surface area contributed by atoms with Crippen molar-refractivity contribution in [3.05, 3.63) is 34.9 Å². The summed E-state index contributed by atoms with van der Waals surface area (Å²) >= 11 is 0. The zero-order valence-corrected chi connectivity index (χ0v) is 28.9. The topological polar surface area (TPSA) is 179 Å². The molecule has 2 N–H and O–H groups in total. The summed E-state index contributed by atoms with van der Waals surface area (Å²) in [5.74, 6) is 0. The normalized spacial score (nSPS) is 11.6. The van der Waals surface area contributed by atoms with Gasteiger partial charge in [0.05, 0.1) is 25.4 Å². The number of hydrogen-bond donors (Lipinski definition) is 2. The van der Waals surface area contributed by atoms with Crippen LogP contribution in [-0.4, -0.2) is 54.6 Å². The number of hydrogen-bond acceptors (Lipinski definition) is 10. The summed E-state index contributed by atoms with van der Waals surface area (Å²) in [6.07, 6.45) is -1.83. The first-order valence-corrected chi connectivity index (χ1v) is 11.4. The van der Waals surface area contributed by atoms with Gasteiger partial charge in [0, 0.05) is 26.0 Å². The molecular weight excluding hydrogens is 492 g/mol. The molecule has 0 saturated heterocycles. The fourth-order valence-electron chi connectivity index (χ4n) is 2.70. The number of rotatable bonds is 11. The van der Waals surface area contributed by atoms with Gasteiger partial charge in [-0.05, 0) is 23.7 Å². The maximum Gasteiger partial charge on any atom is 1.00 e. The fraction of sp³-hybridized carbons (Fsp3) is 0.600. The Labute approximate surface area is 271 Å². The van der Waals surface area contributed by atoms with E-state index in [2.05, 4.69) is 0 Å². The molecule has 1 aromatic carbocycles. The van der Waals surface area contributed by atoms with Crippen LogP contribution < -0.4 is 138 Å². The summed E-state index contributed by atoms with van der Waals surface area (Å²) in [6.45, 7) is -0.672. The van der Waals surface area contributed by atoms with E-state index in [4.69, 9.17) is 4.74 Å². The van der Waals surface area contributed by atoms with Gasteiger partial charge in [-0.3, -0.25) is 4.90 Å². The molecule has 0 aromatic heterocycles. The van der Waals surface area contributed by atoms with Crippen LogP contribution in [0.25, 0.3) is 0 Å². The second kappa shape index (κ2) is 18.6. The summed E-state index contributed by atoms with van der Waals surface area (Å²) in [5.41, 5.74) is -0.709. The van der Waals surface area contributed by atoms with Crippen LogP contribution >= 0.6 is 15.2 Å². The predicted octanol–water partition coefficient (Wildman–Crippen LogP) is -14.7. The number of nitrogens with zero attached hydrogens (tertiary/aromatic N) is 1. The molecule has 0 heterocycles. The molecule has 0 spiro atoms. The number of aliphatic hydroxyl groups is 2. The molecule has 0 fully saturated rings. The second-order valence-corrected chi connectivity index (χ2v) is 9.55. The van der Waals surface area contributed by atoms with E-state index in [-0.39, 0.29) is 143 Å². The first-order valence-electron chi connectivity index (χ1n) is 7.90. The molecule has 0 saturated carbocycles. The number of ether oxygens (including phenoxy) is 1. The van der Waals surface area contributed by atoms with Gasteiger partial charge in [0.25, 0.3) is 0 Å². The average Bonchev–Trinajstić information content (AvgIpc) is 2.52. The number of benzene rings is 1. The molecule has 156 valence electrons. The molecule has 0 bridgehead atoms. The van der Waals surface area contributed by atoms with Crippen LogP contribution in [0.2, 0.25) is 0 Å². The van der Waals surface area contributed by atoms with E-state index < -0.39 is 46.3 Å². The SMILES string of the molecule is COCC(CO)(CO)N(C)Cc1ccc(CP(=O)([O-])[O-])c(CP(=O)([O-])[O-])c1.[Na+].[Na+].[Na+].[Na+]. The molecule has 1 aromatic rings. The van der Waals surface area contributed by atoms with E-state index in [1.807, 2.05) is 0 Å². The molecule has 0 aliphatic heterocycles. The Bertz CT molecular complexity index is 728. The summed E-state index contributed by atoms with van der Waals surface area (Å²) in [4.78, 5) is 45.9. The van der Waals surface area contributed by atoms with Gasteiger partial charge in [0.2, 0.25) is 0 Å². The van der Waals surface area contributed by atoms with Crippen molar-refractivity contribution < 1.29 is 162 Å². The van der Waals surface area contributed by atoms with Crippen LogP contribution in [-0.2, 0) is 32.7 Å². The van der Waals surface area contributed by atoms with Crippen molar-refractivity contribution in [3.8, 4) is 0 Å². The smallest absolute Gasteiger partial charge is 0.810 e. The van der Waals surface area contributed by atoms with E-state index in [1.165, 1.54) is 25.3 Å². The Kier molecular flexibility index (Phi) is 24.9. The molecule has 10 nitrogen and oxygen atoms in total. The Morgan fingerprint density at radius 2 is 1.39 bits per heavy atom. The Balaban J connectivity index is -0.000000911. The molecule has 0 aliphatic rings. The van der Waals surface area contributed by atoms with Gasteiger partial charge >= 0.3 is 118 Å². The van der Waals surface area contributed by atoms with Crippen molar-refractivity contribution in [2.75, 3.05) is 34.0 Å². The molecule has 0 aliphatic carbocycles. The Morgan fingerprint density at radius 1 is 0.935 bits per heavy atom. The predicted molar refractivity (Wildman–Crippen MR) is 89.3 cm³/mol. The van der Waals surface area contributed by atoms with Gasteiger partial charge < -0.3 is 43.7 Å². The van der Waals surface area contributed by atoms with Crippen molar-refractivity contribution in [2.45, 2.75) is 24.4 Å². The van der Waals surface area contributed by atoms with Crippen LogP contribution in [0, 0.1) is 0 Å². The maximum absolute atomic E-state index is 11.1. The third kappa shape index (κ3) is 15.3. The van der Waals surface area contributed by atoms with Gasteiger partial charge in [0.1, 0.15) is 0 Å². The van der Waals surface area contributed by atoms with Crippen molar-refractivity contribution >= 4 is 15.2 Å². The van der Waals surface area contributed by atoms with E-state index in [1.54, 1.807) is 11.9 Å². The van der Waals surface area contributed by atoms with Gasteiger partial charge in [-0.1, -0.05) is 33.4 Å². The molecule has 0 amide bonds. The van der Waals surface area contributed by atoms with E-state index in [0.29, 0.717) is 5.56 Å². The minimum Gasteiger partial charge on any atom is -0.810 e. The van der Waals surface area contributed by atoms with E-state index >= 15 is 0 Å². The summed E-state index contributed by atoms with van der Waals surface area (Å²) < 4.78 is 27.2. The van der Waals surface area contributed by atoms with Crippen LogP contribution in [0.3, 0.4) is 0 Å². The molecule has 16 heteroatoms. The number of methoxy groups -OCH3 is 1. The van der Waals surface area contributed by atoms with Crippen molar-refractivity contribution in [1.82, 2.24) is 4.90 Å². The standard InChI is InChI=1S/C15H27NO9P2.4Na/c1-16(15(9-17,10-18)11-25-2)6-12-3-4-13(7-26(19,20)21)14(5-12)8-27(22,23)24;;;;/h3-5,17-18H,6-11H2,1-2H3,(H2,19,20,21)(H2,22,23,24);;;;/q;4*+1/p-4. The maximum atomic E-state index is 11.1. The molecule has 0 atom stereocenters. The zero-order valence-electron chi connectivity index (χ0n) is 19.1. The third-order valence-electron chi connectivity index (χ3n) is 4.23. The van der Waals surface area contributed by atoms with Crippen LogP contribution in [0.5, 0.6) is 0 Å². The molecule has 0 unspecified atom stereocenters. The minimum atomic E-state index is -5.00. The van der Waals surface area contributed by atoms with Crippen molar-refractivity contribution in [1.29, 1.82) is 0 Å². The third-order valence-corrected chi connectivity index (χ3v) is 5.69. The largest absolute Gasteiger partial charge is 1.00 e. The Hall–Kier alpha value is 3.36. The van der Waals surface area contributed by atoms with Crippen molar-refractivity contribution in [2.24, 2.45) is 0 Å². The quantitative estimate of drug-likeness (QED) is 0.212. The number of aliphatic hydroxyl groups excluding tert-OH is 2. The average molecular weight is 515 g/mol. The zero-order chi connectivity index (χ0) is 20.9. The van der Waals surface area contributed by atoms with Crippen molar-refractivity contribution in [3.63, 3.8) is 0 Å². The monoisotopic (exact) mass is 515 g/mol.